The minimum absolute atomic E-state index is 0.232. The summed E-state index contributed by atoms with van der Waals surface area (Å²) in [6, 6.07) is -0.884. The van der Waals surface area contributed by atoms with Gasteiger partial charge < -0.3 is 89.9 Å². The van der Waals surface area contributed by atoms with Gasteiger partial charge in [0.25, 0.3) is 0 Å². The Labute approximate surface area is 614 Å². The standard InChI is InChI=1S/C82H159NO18/c1-3-5-7-9-11-13-15-17-19-21-23-25-27-28-29-30-31-32-33-34-35-36-38-39-41-43-45-47-49-51-53-55-57-59-66(87)65(83-70(88)60-58-56-54-52-50-48-46-44-42-40-37-26-24-22-20-18-16-14-12-10-8-6-4-2)64-96-80-76(94)73(91)78(68(62-85)98-80)101-82-77(95)74(92)79(69(63-86)99-82)100-81-75(93)72(90)71(89)67(61-84)97-81/h65-69,71-82,84-87,89-95H,3-64H2,1-2H3,(H,83,88). The smallest absolute Gasteiger partial charge is 0.220 e. The molecule has 19 nitrogen and oxygen atoms in total. The molecule has 17 unspecified atom stereocenters. The van der Waals surface area contributed by atoms with Crippen molar-refractivity contribution < 1.29 is 89.4 Å². The zero-order valence-electron chi connectivity index (χ0n) is 64.4. The highest BCUT2D eigenvalue weighted by molar-refractivity contribution is 5.76. The van der Waals surface area contributed by atoms with Crippen LogP contribution in [0.15, 0.2) is 0 Å². The highest BCUT2D eigenvalue weighted by Gasteiger charge is 2.54. The van der Waals surface area contributed by atoms with Gasteiger partial charge in [-0.1, -0.05) is 367 Å². The lowest BCUT2D eigenvalue weighted by Crippen LogP contribution is -2.66. The number of carbonyl (C=O) groups is 1. The molecule has 0 aromatic heterocycles. The first-order valence-electron chi connectivity index (χ1n) is 42.8. The number of aliphatic hydroxyl groups excluding tert-OH is 11. The predicted molar refractivity (Wildman–Crippen MR) is 402 cm³/mol. The Morgan fingerprint density at radius 3 is 0.861 bits per heavy atom. The Morgan fingerprint density at radius 2 is 0.564 bits per heavy atom. The number of hydrogen-bond donors (Lipinski definition) is 12. The molecule has 0 saturated carbocycles. The summed E-state index contributed by atoms with van der Waals surface area (Å²) in [5.41, 5.74) is 0. The second-order valence-electron chi connectivity index (χ2n) is 31.0. The highest BCUT2D eigenvalue weighted by atomic mass is 16.8. The van der Waals surface area contributed by atoms with Crippen LogP contribution in [-0.2, 0) is 33.2 Å². The van der Waals surface area contributed by atoms with E-state index in [4.69, 9.17) is 28.4 Å². The van der Waals surface area contributed by atoms with E-state index in [-0.39, 0.29) is 18.9 Å². The third kappa shape index (κ3) is 43.5. The van der Waals surface area contributed by atoms with Crippen molar-refractivity contribution in [3.05, 3.63) is 0 Å². The lowest BCUT2D eigenvalue weighted by molar-refractivity contribution is -0.379. The van der Waals surface area contributed by atoms with E-state index in [1.54, 1.807) is 0 Å². The van der Waals surface area contributed by atoms with Crippen molar-refractivity contribution in [1.29, 1.82) is 0 Å². The van der Waals surface area contributed by atoms with E-state index in [1.807, 2.05) is 0 Å². The molecule has 3 rings (SSSR count). The number of nitrogens with one attached hydrogen (secondary N) is 1. The second-order valence-corrected chi connectivity index (χ2v) is 31.0. The van der Waals surface area contributed by atoms with E-state index < -0.39 is 124 Å². The maximum atomic E-state index is 13.5. The molecular weight excluding hydrogens is 1290 g/mol. The SMILES string of the molecule is CCCCCCCCCCCCCCCCCCCCCCCCCCCCCCCCCCCC(O)C(COC1OC(CO)C(OC2OC(CO)C(OC3OC(CO)C(O)C(O)C3O)C(O)C2O)C(O)C1O)NC(=O)CCCCCCCCCCCCCCCCCCCCCCCCC. The fraction of sp³-hybridized carbons (Fsp3) is 0.988. The topological polar surface area (TPSA) is 307 Å². The highest BCUT2D eigenvalue weighted by Crippen LogP contribution is 2.34. The third-order valence-electron chi connectivity index (χ3n) is 21.9. The van der Waals surface area contributed by atoms with E-state index in [9.17, 15) is 61.0 Å². The first-order chi connectivity index (χ1) is 49.3. The van der Waals surface area contributed by atoms with Crippen molar-refractivity contribution in [2.75, 3.05) is 26.4 Å². The van der Waals surface area contributed by atoms with Gasteiger partial charge in [0, 0.05) is 6.42 Å². The second kappa shape index (κ2) is 63.7. The van der Waals surface area contributed by atoms with Gasteiger partial charge in [0.2, 0.25) is 5.91 Å². The number of amides is 1. The number of hydrogen-bond acceptors (Lipinski definition) is 18. The molecule has 1 amide bonds. The Hall–Kier alpha value is -1.21. The summed E-state index contributed by atoms with van der Waals surface area (Å²) in [5, 5.41) is 121. The molecule has 3 aliphatic heterocycles. The molecule has 0 aromatic carbocycles. The number of ether oxygens (including phenoxy) is 6. The third-order valence-corrected chi connectivity index (χ3v) is 21.9. The van der Waals surface area contributed by atoms with Gasteiger partial charge in [0.1, 0.15) is 73.2 Å². The van der Waals surface area contributed by atoms with E-state index in [2.05, 4.69) is 19.2 Å². The van der Waals surface area contributed by atoms with Crippen LogP contribution in [-0.4, -0.2) is 193 Å². The zero-order chi connectivity index (χ0) is 73.2. The van der Waals surface area contributed by atoms with Crippen molar-refractivity contribution in [1.82, 2.24) is 5.32 Å². The molecule has 0 aliphatic carbocycles. The van der Waals surface area contributed by atoms with Crippen molar-refractivity contribution in [2.24, 2.45) is 0 Å². The van der Waals surface area contributed by atoms with Crippen LogP contribution in [0.2, 0.25) is 0 Å². The molecule has 3 aliphatic rings. The number of unbranched alkanes of at least 4 members (excludes halogenated alkanes) is 54. The summed E-state index contributed by atoms with van der Waals surface area (Å²) >= 11 is 0. The van der Waals surface area contributed by atoms with Gasteiger partial charge in [-0.05, 0) is 12.8 Å². The lowest BCUT2D eigenvalue weighted by atomic mass is 9.96. The molecule has 101 heavy (non-hydrogen) atoms. The fourth-order valence-electron chi connectivity index (χ4n) is 15.1. The Kier molecular flexibility index (Phi) is 59.3. The molecule has 17 atom stereocenters. The largest absolute Gasteiger partial charge is 0.394 e. The van der Waals surface area contributed by atoms with Gasteiger partial charge in [-0.2, -0.15) is 0 Å². The molecule has 3 heterocycles. The molecule has 0 bridgehead atoms. The van der Waals surface area contributed by atoms with Gasteiger partial charge in [0.05, 0.1) is 38.6 Å². The monoisotopic (exact) mass is 1450 g/mol. The molecule has 3 saturated heterocycles. The molecular formula is C82H159NO18. The Balaban J connectivity index is 1.33. The normalized spacial score (nSPS) is 26.2. The van der Waals surface area contributed by atoms with Gasteiger partial charge >= 0.3 is 0 Å². The quantitative estimate of drug-likeness (QED) is 0.0252. The minimum Gasteiger partial charge on any atom is -0.394 e. The van der Waals surface area contributed by atoms with Gasteiger partial charge in [-0.25, -0.2) is 0 Å². The molecule has 19 heteroatoms. The van der Waals surface area contributed by atoms with Gasteiger partial charge in [-0.15, -0.1) is 0 Å². The zero-order valence-corrected chi connectivity index (χ0v) is 64.4. The summed E-state index contributed by atoms with van der Waals surface area (Å²) in [6.45, 7) is 1.88. The summed E-state index contributed by atoms with van der Waals surface area (Å²) in [6.07, 6.45) is 47.8. The minimum atomic E-state index is -1.97. The van der Waals surface area contributed by atoms with Crippen LogP contribution < -0.4 is 5.32 Å². The summed E-state index contributed by atoms with van der Waals surface area (Å²) < 4.78 is 34.6. The van der Waals surface area contributed by atoms with E-state index >= 15 is 0 Å². The molecule has 0 radical (unpaired) electrons. The van der Waals surface area contributed by atoms with Crippen LogP contribution in [0.25, 0.3) is 0 Å². The van der Waals surface area contributed by atoms with Crippen LogP contribution in [0.1, 0.15) is 386 Å². The van der Waals surface area contributed by atoms with Crippen molar-refractivity contribution in [2.45, 2.75) is 491 Å². The molecule has 0 spiro atoms. The van der Waals surface area contributed by atoms with E-state index in [0.29, 0.717) is 12.8 Å². The van der Waals surface area contributed by atoms with Crippen LogP contribution >= 0.6 is 0 Å². The van der Waals surface area contributed by atoms with Crippen LogP contribution in [0, 0.1) is 0 Å². The van der Waals surface area contributed by atoms with Gasteiger partial charge in [0.15, 0.2) is 18.9 Å². The maximum absolute atomic E-state index is 13.5. The molecule has 0 aromatic rings. The van der Waals surface area contributed by atoms with E-state index in [1.165, 1.54) is 308 Å². The Morgan fingerprint density at radius 1 is 0.317 bits per heavy atom. The fourth-order valence-corrected chi connectivity index (χ4v) is 15.1. The van der Waals surface area contributed by atoms with Crippen LogP contribution in [0.4, 0.5) is 0 Å². The first-order valence-corrected chi connectivity index (χ1v) is 42.8. The first kappa shape index (κ1) is 94.0. The van der Waals surface area contributed by atoms with Crippen molar-refractivity contribution in [3.8, 4) is 0 Å². The maximum Gasteiger partial charge on any atom is 0.220 e. The summed E-state index contributed by atoms with van der Waals surface area (Å²) in [5.74, 6) is -0.232. The number of aliphatic hydroxyl groups is 11. The average molecular weight is 1450 g/mol. The molecule has 3 fully saturated rings. The molecule has 12 N–H and O–H groups in total. The number of carbonyl (C=O) groups excluding carboxylic acids is 1. The Bertz CT molecular complexity index is 1820. The predicted octanol–water partition coefficient (Wildman–Crippen LogP) is 15.0. The van der Waals surface area contributed by atoms with Crippen molar-refractivity contribution in [3.63, 3.8) is 0 Å². The summed E-state index contributed by atoms with van der Waals surface area (Å²) in [4.78, 5) is 13.5. The van der Waals surface area contributed by atoms with E-state index in [0.717, 1.165) is 44.9 Å². The lowest BCUT2D eigenvalue weighted by Gasteiger charge is -2.48. The number of rotatable bonds is 70. The average Bonchev–Trinajstić information content (AvgIpc) is 0.792. The molecule has 600 valence electrons. The summed E-state index contributed by atoms with van der Waals surface area (Å²) in [7, 11) is 0. The van der Waals surface area contributed by atoms with Crippen LogP contribution in [0.3, 0.4) is 0 Å². The van der Waals surface area contributed by atoms with Crippen LogP contribution in [0.5, 0.6) is 0 Å². The van der Waals surface area contributed by atoms with Gasteiger partial charge in [-0.3, -0.25) is 4.79 Å². The van der Waals surface area contributed by atoms with Crippen molar-refractivity contribution >= 4 is 5.91 Å².